The molecule has 1 aromatic rings. The summed E-state index contributed by atoms with van der Waals surface area (Å²) in [6, 6.07) is 3.23. The van der Waals surface area contributed by atoms with E-state index in [0.29, 0.717) is 25.9 Å². The van der Waals surface area contributed by atoms with Crippen LogP contribution in [0.3, 0.4) is 0 Å². The lowest BCUT2D eigenvalue weighted by Gasteiger charge is -2.38. The van der Waals surface area contributed by atoms with Gasteiger partial charge in [-0.05, 0) is 51.2 Å². The normalized spacial score (nSPS) is 19.2. The number of carbonyl (C=O) groups excluding carboxylic acids is 1. The van der Waals surface area contributed by atoms with Gasteiger partial charge in [-0.2, -0.15) is 0 Å². The maximum Gasteiger partial charge on any atom is 0.316 e. The molecule has 1 fully saturated rings. The molecule has 5 heteroatoms. The van der Waals surface area contributed by atoms with Gasteiger partial charge in [0.05, 0.1) is 12.5 Å². The van der Waals surface area contributed by atoms with E-state index in [1.807, 2.05) is 7.05 Å². The van der Waals surface area contributed by atoms with Crippen LogP contribution in [0.25, 0.3) is 0 Å². The number of rotatable bonds is 2. The predicted molar refractivity (Wildman–Crippen MR) is 66.8 cm³/mol. The van der Waals surface area contributed by atoms with Crippen molar-refractivity contribution < 1.29 is 18.3 Å². The fourth-order valence-electron chi connectivity index (χ4n) is 2.64. The minimum absolute atomic E-state index is 0.104. The molecule has 0 radical (unpaired) electrons. The third-order valence-electron chi connectivity index (χ3n) is 3.86. The molecule has 1 saturated heterocycles. The van der Waals surface area contributed by atoms with E-state index in [4.69, 9.17) is 4.74 Å². The molecule has 104 valence electrons. The summed E-state index contributed by atoms with van der Waals surface area (Å²) in [5.74, 6) is -1.60. The average Bonchev–Trinajstić information content (AvgIpc) is 2.42. The predicted octanol–water partition coefficient (Wildman–Crippen LogP) is 2.10. The minimum atomic E-state index is -1.08. The fraction of sp³-hybridized carbons (Fsp3) is 0.500. The molecule has 0 saturated carbocycles. The Kier molecular flexibility index (Phi) is 3.85. The number of benzene rings is 1. The second-order valence-corrected chi connectivity index (χ2v) is 5.00. The van der Waals surface area contributed by atoms with Crippen molar-refractivity contribution in [2.24, 2.45) is 0 Å². The SMILES string of the molecule is COC(=O)C1(c2cc(F)ccc2F)CCN(C)CC1. The zero-order chi connectivity index (χ0) is 14.0. The molecule has 1 aliphatic heterocycles. The number of hydrogen-bond acceptors (Lipinski definition) is 3. The van der Waals surface area contributed by atoms with Crippen LogP contribution in [-0.2, 0) is 14.9 Å². The maximum absolute atomic E-state index is 14.0. The smallest absolute Gasteiger partial charge is 0.316 e. The third kappa shape index (κ3) is 2.47. The van der Waals surface area contributed by atoms with Crippen molar-refractivity contribution in [3.05, 3.63) is 35.4 Å². The second-order valence-electron chi connectivity index (χ2n) is 5.00. The lowest BCUT2D eigenvalue weighted by molar-refractivity contribution is -0.149. The quantitative estimate of drug-likeness (QED) is 0.770. The molecule has 0 bridgehead atoms. The van der Waals surface area contributed by atoms with Crippen molar-refractivity contribution in [1.82, 2.24) is 4.90 Å². The van der Waals surface area contributed by atoms with E-state index in [1.165, 1.54) is 7.11 Å². The Hall–Kier alpha value is -1.49. The number of likely N-dealkylation sites (tertiary alicyclic amines) is 1. The van der Waals surface area contributed by atoms with Gasteiger partial charge in [0.15, 0.2) is 0 Å². The molecular formula is C14H17F2NO2. The Morgan fingerprint density at radius 1 is 1.32 bits per heavy atom. The van der Waals surface area contributed by atoms with Gasteiger partial charge in [0.25, 0.3) is 0 Å². The molecule has 1 aliphatic rings. The molecule has 0 aliphatic carbocycles. The van der Waals surface area contributed by atoms with Crippen molar-refractivity contribution in [3.63, 3.8) is 0 Å². The molecule has 1 heterocycles. The van der Waals surface area contributed by atoms with Gasteiger partial charge in [0.1, 0.15) is 11.6 Å². The summed E-state index contributed by atoms with van der Waals surface area (Å²) >= 11 is 0. The van der Waals surface area contributed by atoms with Crippen LogP contribution in [-0.4, -0.2) is 38.1 Å². The van der Waals surface area contributed by atoms with Gasteiger partial charge < -0.3 is 9.64 Å². The summed E-state index contributed by atoms with van der Waals surface area (Å²) in [5, 5.41) is 0. The first-order chi connectivity index (χ1) is 8.99. The van der Waals surface area contributed by atoms with E-state index >= 15 is 0 Å². The lowest BCUT2D eigenvalue weighted by Crippen LogP contribution is -2.47. The first-order valence-electron chi connectivity index (χ1n) is 6.22. The summed E-state index contributed by atoms with van der Waals surface area (Å²) in [4.78, 5) is 14.2. The number of methoxy groups -OCH3 is 1. The van der Waals surface area contributed by atoms with Crippen LogP contribution >= 0.6 is 0 Å². The molecule has 0 N–H and O–H groups in total. The van der Waals surface area contributed by atoms with E-state index in [2.05, 4.69) is 4.90 Å². The van der Waals surface area contributed by atoms with Gasteiger partial charge in [-0.25, -0.2) is 8.78 Å². The molecule has 0 unspecified atom stereocenters. The summed E-state index contributed by atoms with van der Waals surface area (Å²) in [7, 11) is 3.21. The highest BCUT2D eigenvalue weighted by Crippen LogP contribution is 2.38. The van der Waals surface area contributed by atoms with Gasteiger partial charge in [-0.15, -0.1) is 0 Å². The van der Waals surface area contributed by atoms with E-state index in [-0.39, 0.29) is 5.56 Å². The molecule has 2 rings (SSSR count). The Morgan fingerprint density at radius 2 is 1.95 bits per heavy atom. The highest BCUT2D eigenvalue weighted by Gasteiger charge is 2.45. The van der Waals surface area contributed by atoms with Crippen LogP contribution in [0.15, 0.2) is 18.2 Å². The second kappa shape index (κ2) is 5.25. The minimum Gasteiger partial charge on any atom is -0.468 e. The maximum atomic E-state index is 14.0. The topological polar surface area (TPSA) is 29.5 Å². The van der Waals surface area contributed by atoms with E-state index in [9.17, 15) is 13.6 Å². The zero-order valence-corrected chi connectivity index (χ0v) is 11.1. The molecule has 0 atom stereocenters. The number of piperidine rings is 1. The third-order valence-corrected chi connectivity index (χ3v) is 3.86. The Balaban J connectivity index is 2.49. The Morgan fingerprint density at radius 3 is 2.53 bits per heavy atom. The summed E-state index contributed by atoms with van der Waals surface area (Å²) in [6.45, 7) is 1.29. The Bertz CT molecular complexity index is 482. The van der Waals surface area contributed by atoms with Crippen LogP contribution < -0.4 is 0 Å². The monoisotopic (exact) mass is 269 g/mol. The van der Waals surface area contributed by atoms with E-state index in [0.717, 1.165) is 18.2 Å². The molecule has 3 nitrogen and oxygen atoms in total. The molecule has 19 heavy (non-hydrogen) atoms. The van der Waals surface area contributed by atoms with Crippen molar-refractivity contribution in [1.29, 1.82) is 0 Å². The Labute approximate surface area is 111 Å². The number of hydrogen-bond donors (Lipinski definition) is 0. The van der Waals surface area contributed by atoms with Gasteiger partial charge in [0, 0.05) is 5.56 Å². The van der Waals surface area contributed by atoms with Crippen LogP contribution in [0.2, 0.25) is 0 Å². The van der Waals surface area contributed by atoms with Crippen LogP contribution in [0.4, 0.5) is 8.78 Å². The number of ether oxygens (including phenoxy) is 1. The number of esters is 1. The highest BCUT2D eigenvalue weighted by molar-refractivity contribution is 5.83. The van der Waals surface area contributed by atoms with Crippen LogP contribution in [0.1, 0.15) is 18.4 Å². The first kappa shape index (κ1) is 13.9. The first-order valence-corrected chi connectivity index (χ1v) is 6.22. The van der Waals surface area contributed by atoms with Crippen molar-refractivity contribution >= 4 is 5.97 Å². The van der Waals surface area contributed by atoms with E-state index in [1.54, 1.807) is 0 Å². The average molecular weight is 269 g/mol. The molecule has 1 aromatic carbocycles. The van der Waals surface area contributed by atoms with Crippen molar-refractivity contribution in [2.45, 2.75) is 18.3 Å². The molecular weight excluding hydrogens is 252 g/mol. The molecule has 0 aromatic heterocycles. The fourth-order valence-corrected chi connectivity index (χ4v) is 2.64. The van der Waals surface area contributed by atoms with Crippen molar-refractivity contribution in [2.75, 3.05) is 27.2 Å². The number of halogens is 2. The largest absolute Gasteiger partial charge is 0.468 e. The summed E-state index contributed by atoms with van der Waals surface area (Å²) in [5.41, 5.74) is -0.972. The molecule has 0 amide bonds. The van der Waals surface area contributed by atoms with Gasteiger partial charge in [-0.3, -0.25) is 4.79 Å². The van der Waals surface area contributed by atoms with Crippen molar-refractivity contribution in [3.8, 4) is 0 Å². The zero-order valence-electron chi connectivity index (χ0n) is 11.1. The highest BCUT2D eigenvalue weighted by atomic mass is 19.1. The van der Waals surface area contributed by atoms with Gasteiger partial charge >= 0.3 is 5.97 Å². The van der Waals surface area contributed by atoms with Crippen LogP contribution in [0, 0.1) is 11.6 Å². The number of carbonyl (C=O) groups is 1. The summed E-state index contributed by atoms with van der Waals surface area (Å²) < 4.78 is 32.2. The van der Waals surface area contributed by atoms with Crippen LogP contribution in [0.5, 0.6) is 0 Å². The molecule has 0 spiro atoms. The summed E-state index contributed by atoms with van der Waals surface area (Å²) in [6.07, 6.45) is 0.854. The number of nitrogens with zero attached hydrogens (tertiary/aromatic N) is 1. The van der Waals surface area contributed by atoms with Gasteiger partial charge in [-0.1, -0.05) is 0 Å². The van der Waals surface area contributed by atoms with Gasteiger partial charge in [0.2, 0.25) is 0 Å². The van der Waals surface area contributed by atoms with E-state index < -0.39 is 23.0 Å². The standard InChI is InChI=1S/C14H17F2NO2/c1-17-7-5-14(6-8-17,13(18)19-2)11-9-10(15)3-4-12(11)16/h3-4,9H,5-8H2,1-2H3. The lowest BCUT2D eigenvalue weighted by atomic mass is 9.72.